The highest BCUT2D eigenvalue weighted by atomic mass is 32.1. The first-order valence-electron chi connectivity index (χ1n) is 8.05. The molecule has 4 nitrogen and oxygen atoms in total. The molecule has 1 aromatic carbocycles. The fourth-order valence-corrected chi connectivity index (χ4v) is 4.51. The third-order valence-corrected chi connectivity index (χ3v) is 5.66. The van der Waals surface area contributed by atoms with Crippen molar-refractivity contribution >= 4 is 22.8 Å². The molecule has 2 aliphatic rings. The summed E-state index contributed by atoms with van der Waals surface area (Å²) in [5.41, 5.74) is 3.94. The quantitative estimate of drug-likeness (QED) is 0.903. The molecule has 1 atom stereocenters. The van der Waals surface area contributed by atoms with Gasteiger partial charge in [-0.05, 0) is 24.3 Å². The van der Waals surface area contributed by atoms with Gasteiger partial charge in [0.1, 0.15) is 11.5 Å². The summed E-state index contributed by atoms with van der Waals surface area (Å²) in [7, 11) is 3.31. The number of anilines is 1. The summed E-state index contributed by atoms with van der Waals surface area (Å²) in [6, 6.07) is 8.01. The zero-order valence-electron chi connectivity index (χ0n) is 13.7. The zero-order chi connectivity index (χ0) is 16.7. The van der Waals surface area contributed by atoms with Gasteiger partial charge in [-0.1, -0.05) is 6.07 Å². The average molecular weight is 341 g/mol. The predicted octanol–water partition coefficient (Wildman–Crippen LogP) is 4.33. The number of hydrogen-bond acceptors (Lipinski definition) is 5. The highest BCUT2D eigenvalue weighted by Crippen LogP contribution is 2.50. The molecule has 1 N–H and O–H groups in total. The Morgan fingerprint density at radius 1 is 1.21 bits per heavy atom. The first-order chi connectivity index (χ1) is 11.7. The van der Waals surface area contributed by atoms with Crippen LogP contribution in [0.25, 0.3) is 0 Å². The number of ketones is 1. The van der Waals surface area contributed by atoms with Crippen LogP contribution in [0.5, 0.6) is 11.5 Å². The summed E-state index contributed by atoms with van der Waals surface area (Å²) in [5.74, 6) is 1.67. The molecule has 0 spiro atoms. The first kappa shape index (κ1) is 15.3. The van der Waals surface area contributed by atoms with E-state index < -0.39 is 0 Å². The van der Waals surface area contributed by atoms with Gasteiger partial charge in [0.05, 0.1) is 20.1 Å². The number of rotatable bonds is 3. The number of carbonyl (C=O) groups is 1. The van der Waals surface area contributed by atoms with Gasteiger partial charge in [-0.3, -0.25) is 4.79 Å². The summed E-state index contributed by atoms with van der Waals surface area (Å²) in [4.78, 5) is 13.9. The maximum absolute atomic E-state index is 12.7. The lowest BCUT2D eigenvalue weighted by molar-refractivity contribution is -0.116. The largest absolute Gasteiger partial charge is 0.497 e. The minimum Gasteiger partial charge on any atom is -0.497 e. The predicted molar refractivity (Wildman–Crippen MR) is 95.2 cm³/mol. The normalized spacial score (nSPS) is 19.4. The molecule has 0 unspecified atom stereocenters. The van der Waals surface area contributed by atoms with Crippen LogP contribution in [0.3, 0.4) is 0 Å². The molecule has 0 bridgehead atoms. The Morgan fingerprint density at radius 3 is 2.79 bits per heavy atom. The number of benzene rings is 1. The van der Waals surface area contributed by atoms with Crippen molar-refractivity contribution in [3.63, 3.8) is 0 Å². The van der Waals surface area contributed by atoms with Crippen LogP contribution in [0.15, 0.2) is 40.9 Å². The molecule has 0 saturated heterocycles. The fraction of sp³-hybridized carbons (Fsp3) is 0.316. The van der Waals surface area contributed by atoms with Crippen LogP contribution in [0, 0.1) is 0 Å². The molecule has 0 saturated carbocycles. The minimum atomic E-state index is -0.0649. The molecule has 2 heterocycles. The Bertz CT molecular complexity index is 823. The van der Waals surface area contributed by atoms with E-state index in [1.54, 1.807) is 25.6 Å². The van der Waals surface area contributed by atoms with Crippen molar-refractivity contribution in [2.45, 2.75) is 25.2 Å². The van der Waals surface area contributed by atoms with Gasteiger partial charge < -0.3 is 14.8 Å². The molecule has 4 rings (SSSR count). The van der Waals surface area contributed by atoms with Crippen LogP contribution in [-0.2, 0) is 4.79 Å². The SMILES string of the molecule is COc1cc2c(c(OC)c1)[C@@H](c1cccs1)C1=C(CCCC1=O)N2. The van der Waals surface area contributed by atoms with Gasteiger partial charge in [0.2, 0.25) is 0 Å². The summed E-state index contributed by atoms with van der Waals surface area (Å²) in [6.45, 7) is 0. The molecule has 0 fully saturated rings. The van der Waals surface area contributed by atoms with Crippen molar-refractivity contribution in [3.8, 4) is 11.5 Å². The summed E-state index contributed by atoms with van der Waals surface area (Å²) < 4.78 is 11.1. The molecule has 1 aromatic heterocycles. The minimum absolute atomic E-state index is 0.0649. The van der Waals surface area contributed by atoms with Crippen LogP contribution in [0.1, 0.15) is 35.6 Å². The highest BCUT2D eigenvalue weighted by Gasteiger charge is 2.37. The zero-order valence-corrected chi connectivity index (χ0v) is 14.5. The number of Topliss-reactive ketones (excluding diaryl/α,β-unsaturated/α-hetero) is 1. The van der Waals surface area contributed by atoms with E-state index in [1.165, 1.54) is 4.88 Å². The number of methoxy groups -OCH3 is 2. The van der Waals surface area contributed by atoms with E-state index in [1.807, 2.05) is 18.2 Å². The van der Waals surface area contributed by atoms with E-state index in [4.69, 9.17) is 9.47 Å². The number of thiophene rings is 1. The maximum Gasteiger partial charge on any atom is 0.161 e. The lowest BCUT2D eigenvalue weighted by atomic mass is 9.77. The van der Waals surface area contributed by atoms with Crippen molar-refractivity contribution in [2.75, 3.05) is 19.5 Å². The Balaban J connectivity index is 1.98. The van der Waals surface area contributed by atoms with Crippen molar-refractivity contribution in [1.82, 2.24) is 0 Å². The van der Waals surface area contributed by atoms with Crippen molar-refractivity contribution in [1.29, 1.82) is 0 Å². The van der Waals surface area contributed by atoms with Crippen LogP contribution in [0.2, 0.25) is 0 Å². The van der Waals surface area contributed by atoms with Gasteiger partial charge >= 0.3 is 0 Å². The first-order valence-corrected chi connectivity index (χ1v) is 8.93. The highest BCUT2D eigenvalue weighted by molar-refractivity contribution is 7.10. The molecule has 124 valence electrons. The summed E-state index contributed by atoms with van der Waals surface area (Å²) in [6.07, 6.45) is 2.43. The number of carbonyl (C=O) groups excluding carboxylic acids is 1. The second-order valence-electron chi connectivity index (χ2n) is 6.03. The van der Waals surface area contributed by atoms with Gasteiger partial charge in [-0.2, -0.15) is 0 Å². The molecule has 0 radical (unpaired) electrons. The molecule has 1 aliphatic carbocycles. The van der Waals surface area contributed by atoms with Gasteiger partial charge in [-0.15, -0.1) is 11.3 Å². The van der Waals surface area contributed by atoms with Gasteiger partial charge in [-0.25, -0.2) is 0 Å². The third kappa shape index (κ3) is 2.31. The van der Waals surface area contributed by atoms with E-state index in [0.717, 1.165) is 46.9 Å². The number of hydrogen-bond donors (Lipinski definition) is 1. The van der Waals surface area contributed by atoms with E-state index >= 15 is 0 Å². The van der Waals surface area contributed by atoms with E-state index in [0.29, 0.717) is 6.42 Å². The third-order valence-electron chi connectivity index (χ3n) is 4.72. The molecule has 1 aliphatic heterocycles. The van der Waals surface area contributed by atoms with Gasteiger partial charge in [0.25, 0.3) is 0 Å². The van der Waals surface area contributed by atoms with Gasteiger partial charge in [0.15, 0.2) is 5.78 Å². The van der Waals surface area contributed by atoms with Crippen LogP contribution < -0.4 is 14.8 Å². The molecular weight excluding hydrogens is 322 g/mol. The Kier molecular flexibility index (Phi) is 3.81. The van der Waals surface area contributed by atoms with Gasteiger partial charge in [0, 0.05) is 46.0 Å². The molecular formula is C19H19NO3S. The fourth-order valence-electron chi connectivity index (χ4n) is 3.66. The van der Waals surface area contributed by atoms with Crippen LogP contribution in [-0.4, -0.2) is 20.0 Å². The van der Waals surface area contributed by atoms with Crippen molar-refractivity contribution in [2.24, 2.45) is 0 Å². The number of fused-ring (bicyclic) bond motifs is 1. The monoisotopic (exact) mass is 341 g/mol. The van der Waals surface area contributed by atoms with Crippen LogP contribution >= 0.6 is 11.3 Å². The standard InChI is InChI=1S/C19H19NO3S/c1-22-11-9-13-18(15(10-11)23-2)19(16-7-4-8-24-16)17-12(20-13)5-3-6-14(17)21/h4,7-10,19-20H,3,5-6H2,1-2H3/t19-/m0/s1. The van der Waals surface area contributed by atoms with Crippen molar-refractivity contribution in [3.05, 3.63) is 51.4 Å². The average Bonchev–Trinajstić information content (AvgIpc) is 3.13. The Morgan fingerprint density at radius 2 is 2.08 bits per heavy atom. The lowest BCUT2D eigenvalue weighted by Gasteiger charge is -2.34. The summed E-state index contributed by atoms with van der Waals surface area (Å²) in [5, 5.41) is 5.53. The van der Waals surface area contributed by atoms with Crippen LogP contribution in [0.4, 0.5) is 5.69 Å². The lowest BCUT2D eigenvalue weighted by Crippen LogP contribution is -2.26. The molecule has 0 amide bonds. The molecule has 2 aromatic rings. The molecule has 5 heteroatoms. The topological polar surface area (TPSA) is 47.6 Å². The van der Waals surface area contributed by atoms with E-state index in [9.17, 15) is 4.79 Å². The number of nitrogens with one attached hydrogen (secondary N) is 1. The number of allylic oxidation sites excluding steroid dienone is 2. The Labute approximate surface area is 145 Å². The Hall–Kier alpha value is -2.27. The van der Waals surface area contributed by atoms with E-state index in [-0.39, 0.29) is 11.7 Å². The number of ether oxygens (including phenoxy) is 2. The summed E-state index contributed by atoms with van der Waals surface area (Å²) >= 11 is 1.68. The van der Waals surface area contributed by atoms with Crippen molar-refractivity contribution < 1.29 is 14.3 Å². The smallest absolute Gasteiger partial charge is 0.161 e. The maximum atomic E-state index is 12.7. The second kappa shape index (κ2) is 5.98. The molecule has 24 heavy (non-hydrogen) atoms. The van der Waals surface area contributed by atoms with E-state index in [2.05, 4.69) is 16.8 Å². The second-order valence-corrected chi connectivity index (χ2v) is 7.01.